The molecule has 18 heavy (non-hydrogen) atoms. The molecule has 6 heteroatoms. The molecule has 0 amide bonds. The van der Waals surface area contributed by atoms with E-state index in [-0.39, 0.29) is 13.1 Å². The Hall–Kier alpha value is -1.56. The zero-order chi connectivity index (χ0) is 13.8. The summed E-state index contributed by atoms with van der Waals surface area (Å²) < 4.78 is 41.9. The molecule has 0 atom stereocenters. The lowest BCUT2D eigenvalue weighted by molar-refractivity contribution is -0.142. The SMILES string of the molecule is COC(=O)CN(C)Cc1cccc(C(F)(F)F)c1. The van der Waals surface area contributed by atoms with Crippen LogP contribution in [0.15, 0.2) is 24.3 Å². The van der Waals surface area contributed by atoms with Crippen molar-refractivity contribution in [2.75, 3.05) is 20.7 Å². The summed E-state index contributed by atoms with van der Waals surface area (Å²) in [6.45, 7) is 0.283. The Bertz CT molecular complexity index is 418. The first-order valence-electron chi connectivity index (χ1n) is 5.24. The zero-order valence-corrected chi connectivity index (χ0v) is 10.1. The topological polar surface area (TPSA) is 29.5 Å². The second-order valence-electron chi connectivity index (χ2n) is 3.95. The van der Waals surface area contributed by atoms with Crippen LogP contribution >= 0.6 is 0 Å². The second kappa shape index (κ2) is 5.86. The number of benzene rings is 1. The summed E-state index contributed by atoms with van der Waals surface area (Å²) in [6, 6.07) is 5.03. The number of halogens is 3. The van der Waals surface area contributed by atoms with Crippen LogP contribution in [0.2, 0.25) is 0 Å². The number of hydrogen-bond donors (Lipinski definition) is 0. The van der Waals surface area contributed by atoms with Crippen LogP contribution in [0.1, 0.15) is 11.1 Å². The van der Waals surface area contributed by atoms with Gasteiger partial charge in [-0.2, -0.15) is 13.2 Å². The van der Waals surface area contributed by atoms with Crippen molar-refractivity contribution >= 4 is 5.97 Å². The molecule has 0 saturated carbocycles. The van der Waals surface area contributed by atoms with Gasteiger partial charge in [-0.05, 0) is 18.7 Å². The number of likely N-dealkylation sites (N-methyl/N-ethyl adjacent to an activating group) is 1. The van der Waals surface area contributed by atoms with E-state index in [0.717, 1.165) is 12.1 Å². The molecule has 3 nitrogen and oxygen atoms in total. The molecule has 0 saturated heterocycles. The normalized spacial score (nSPS) is 11.7. The number of hydrogen-bond acceptors (Lipinski definition) is 3. The number of methoxy groups -OCH3 is 1. The average molecular weight is 261 g/mol. The van der Waals surface area contributed by atoms with Crippen molar-refractivity contribution < 1.29 is 22.7 Å². The van der Waals surface area contributed by atoms with Gasteiger partial charge in [0.2, 0.25) is 0 Å². The van der Waals surface area contributed by atoms with Gasteiger partial charge in [0.1, 0.15) is 0 Å². The van der Waals surface area contributed by atoms with Crippen LogP contribution in [0.3, 0.4) is 0 Å². The number of carbonyl (C=O) groups is 1. The Morgan fingerprint density at radius 2 is 2.06 bits per heavy atom. The van der Waals surface area contributed by atoms with Crippen LogP contribution in [0.25, 0.3) is 0 Å². The highest BCUT2D eigenvalue weighted by Crippen LogP contribution is 2.29. The minimum Gasteiger partial charge on any atom is -0.468 e. The van der Waals surface area contributed by atoms with Crippen molar-refractivity contribution in [2.45, 2.75) is 12.7 Å². The van der Waals surface area contributed by atoms with Gasteiger partial charge in [0.25, 0.3) is 0 Å². The van der Waals surface area contributed by atoms with E-state index in [4.69, 9.17) is 0 Å². The molecule has 1 aromatic carbocycles. The van der Waals surface area contributed by atoms with Crippen molar-refractivity contribution in [3.05, 3.63) is 35.4 Å². The zero-order valence-electron chi connectivity index (χ0n) is 10.1. The first kappa shape index (κ1) is 14.5. The molecular weight excluding hydrogens is 247 g/mol. The second-order valence-corrected chi connectivity index (χ2v) is 3.95. The van der Waals surface area contributed by atoms with Crippen molar-refractivity contribution in [1.82, 2.24) is 4.90 Å². The van der Waals surface area contributed by atoms with Gasteiger partial charge in [0.05, 0.1) is 19.2 Å². The minimum absolute atomic E-state index is 0.0345. The number of alkyl halides is 3. The lowest BCUT2D eigenvalue weighted by Crippen LogP contribution is -2.26. The Labute approximate surface area is 103 Å². The summed E-state index contributed by atoms with van der Waals surface area (Å²) in [5.41, 5.74) is -0.192. The van der Waals surface area contributed by atoms with Gasteiger partial charge in [0.15, 0.2) is 0 Å². The molecule has 0 bridgehead atoms. The van der Waals surface area contributed by atoms with E-state index in [2.05, 4.69) is 4.74 Å². The molecule has 0 aliphatic carbocycles. The quantitative estimate of drug-likeness (QED) is 0.779. The molecule has 0 unspecified atom stereocenters. The van der Waals surface area contributed by atoms with Crippen LogP contribution in [-0.2, 0) is 22.3 Å². The van der Waals surface area contributed by atoms with Crippen molar-refractivity contribution in [3.8, 4) is 0 Å². The first-order valence-corrected chi connectivity index (χ1v) is 5.24. The fraction of sp³-hybridized carbons (Fsp3) is 0.417. The van der Waals surface area contributed by atoms with Crippen molar-refractivity contribution in [2.24, 2.45) is 0 Å². The summed E-state index contributed by atoms with van der Waals surface area (Å²) in [5.74, 6) is -0.426. The standard InChI is InChI=1S/C12H14F3NO2/c1-16(8-11(17)18-2)7-9-4-3-5-10(6-9)12(13,14)15/h3-6H,7-8H2,1-2H3. The minimum atomic E-state index is -4.35. The molecule has 0 fully saturated rings. The van der Waals surface area contributed by atoms with Gasteiger partial charge in [-0.15, -0.1) is 0 Å². The van der Waals surface area contributed by atoms with E-state index < -0.39 is 17.7 Å². The highest BCUT2D eigenvalue weighted by atomic mass is 19.4. The summed E-state index contributed by atoms with van der Waals surface area (Å²) in [4.78, 5) is 12.6. The Morgan fingerprint density at radius 3 is 2.61 bits per heavy atom. The number of rotatable bonds is 4. The van der Waals surface area contributed by atoms with Crippen LogP contribution in [0.4, 0.5) is 13.2 Å². The number of ether oxygens (including phenoxy) is 1. The van der Waals surface area contributed by atoms with Gasteiger partial charge in [0, 0.05) is 6.54 Å². The number of carbonyl (C=O) groups excluding carboxylic acids is 1. The Morgan fingerprint density at radius 1 is 1.39 bits per heavy atom. The maximum Gasteiger partial charge on any atom is 0.416 e. The predicted molar refractivity (Wildman–Crippen MR) is 59.8 cm³/mol. The van der Waals surface area contributed by atoms with E-state index in [1.54, 1.807) is 18.0 Å². The maximum atomic E-state index is 12.5. The Balaban J connectivity index is 2.71. The fourth-order valence-corrected chi connectivity index (χ4v) is 1.50. The molecule has 0 spiro atoms. The largest absolute Gasteiger partial charge is 0.468 e. The number of esters is 1. The summed E-state index contributed by atoms with van der Waals surface area (Å²) in [6.07, 6.45) is -4.35. The molecule has 0 aliphatic rings. The molecule has 1 aromatic rings. The molecule has 0 aliphatic heterocycles. The number of nitrogens with zero attached hydrogens (tertiary/aromatic N) is 1. The average Bonchev–Trinajstić information content (AvgIpc) is 2.27. The van der Waals surface area contributed by atoms with Crippen LogP contribution in [-0.4, -0.2) is 31.6 Å². The summed E-state index contributed by atoms with van der Waals surface area (Å²) in [5, 5.41) is 0. The third kappa shape index (κ3) is 4.37. The van der Waals surface area contributed by atoms with Gasteiger partial charge < -0.3 is 4.74 Å². The van der Waals surface area contributed by atoms with E-state index in [9.17, 15) is 18.0 Å². The van der Waals surface area contributed by atoms with E-state index >= 15 is 0 Å². The molecule has 1 rings (SSSR count). The van der Waals surface area contributed by atoms with Crippen molar-refractivity contribution in [1.29, 1.82) is 0 Å². The first-order chi connectivity index (χ1) is 8.32. The highest BCUT2D eigenvalue weighted by Gasteiger charge is 2.30. The molecular formula is C12H14F3NO2. The molecule has 100 valence electrons. The van der Waals surface area contributed by atoms with Crippen LogP contribution in [0, 0.1) is 0 Å². The maximum absolute atomic E-state index is 12.5. The van der Waals surface area contributed by atoms with Crippen molar-refractivity contribution in [3.63, 3.8) is 0 Å². The molecule has 0 heterocycles. The van der Waals surface area contributed by atoms with Gasteiger partial charge >= 0.3 is 12.1 Å². The Kier molecular flexibility index (Phi) is 4.72. The van der Waals surface area contributed by atoms with Crippen LogP contribution < -0.4 is 0 Å². The van der Waals surface area contributed by atoms with Crippen LogP contribution in [0.5, 0.6) is 0 Å². The third-order valence-electron chi connectivity index (χ3n) is 2.33. The molecule has 0 N–H and O–H groups in total. The lowest BCUT2D eigenvalue weighted by Gasteiger charge is -2.16. The van der Waals surface area contributed by atoms with E-state index in [1.807, 2.05) is 0 Å². The molecule has 0 aromatic heterocycles. The monoisotopic (exact) mass is 261 g/mol. The summed E-state index contributed by atoms with van der Waals surface area (Å²) >= 11 is 0. The predicted octanol–water partition coefficient (Wildman–Crippen LogP) is 2.31. The lowest BCUT2D eigenvalue weighted by atomic mass is 10.1. The van der Waals surface area contributed by atoms with Gasteiger partial charge in [-0.3, -0.25) is 9.69 Å². The smallest absolute Gasteiger partial charge is 0.416 e. The summed E-state index contributed by atoms with van der Waals surface area (Å²) in [7, 11) is 2.90. The highest BCUT2D eigenvalue weighted by molar-refractivity contribution is 5.71. The van der Waals surface area contributed by atoms with E-state index in [0.29, 0.717) is 5.56 Å². The van der Waals surface area contributed by atoms with E-state index in [1.165, 1.54) is 13.2 Å². The molecule has 0 radical (unpaired) electrons. The van der Waals surface area contributed by atoms with Gasteiger partial charge in [-0.1, -0.05) is 18.2 Å². The van der Waals surface area contributed by atoms with Gasteiger partial charge in [-0.25, -0.2) is 0 Å². The third-order valence-corrected chi connectivity index (χ3v) is 2.33. The fourth-order valence-electron chi connectivity index (χ4n) is 1.50.